The lowest BCUT2D eigenvalue weighted by Crippen LogP contribution is -2.33. The molecule has 1 heterocycles. The van der Waals surface area contributed by atoms with Crippen LogP contribution in [0.1, 0.15) is 49.4 Å². The van der Waals surface area contributed by atoms with Gasteiger partial charge in [-0.25, -0.2) is 4.39 Å². The summed E-state index contributed by atoms with van der Waals surface area (Å²) < 4.78 is 19.7. The summed E-state index contributed by atoms with van der Waals surface area (Å²) in [5.74, 6) is 0.392. The third kappa shape index (κ3) is 3.04. The molecule has 0 bridgehead atoms. The van der Waals surface area contributed by atoms with Gasteiger partial charge in [0.1, 0.15) is 5.82 Å². The average Bonchev–Trinajstić information content (AvgIpc) is 2.89. The van der Waals surface area contributed by atoms with Gasteiger partial charge in [0.05, 0.1) is 6.10 Å². The van der Waals surface area contributed by atoms with Crippen LogP contribution >= 0.6 is 0 Å². The third-order valence-corrected chi connectivity index (χ3v) is 4.33. The number of hydrogen-bond acceptors (Lipinski definition) is 2. The van der Waals surface area contributed by atoms with Crippen LogP contribution in [0.4, 0.5) is 4.39 Å². The van der Waals surface area contributed by atoms with E-state index >= 15 is 0 Å². The third-order valence-electron chi connectivity index (χ3n) is 4.33. The first-order chi connectivity index (χ1) is 9.58. The summed E-state index contributed by atoms with van der Waals surface area (Å²) in [5, 5.41) is 3.58. The van der Waals surface area contributed by atoms with Gasteiger partial charge in [-0.1, -0.05) is 26.0 Å². The van der Waals surface area contributed by atoms with E-state index in [4.69, 9.17) is 4.74 Å². The molecule has 0 spiro atoms. The monoisotopic (exact) mass is 279 g/mol. The van der Waals surface area contributed by atoms with Gasteiger partial charge in [-0.2, -0.15) is 0 Å². The Balaban J connectivity index is 2.33. The Hall–Kier alpha value is -0.930. The fraction of sp³-hybridized carbons (Fsp3) is 0.647. The van der Waals surface area contributed by atoms with E-state index in [1.54, 1.807) is 0 Å². The number of rotatable bonds is 5. The van der Waals surface area contributed by atoms with E-state index in [0.717, 1.165) is 37.1 Å². The van der Waals surface area contributed by atoms with Gasteiger partial charge in [0.25, 0.3) is 0 Å². The lowest BCUT2D eigenvalue weighted by molar-refractivity contribution is 0.0775. The molecule has 1 fully saturated rings. The second kappa shape index (κ2) is 6.68. The zero-order valence-electron chi connectivity index (χ0n) is 13.0. The topological polar surface area (TPSA) is 21.3 Å². The van der Waals surface area contributed by atoms with Gasteiger partial charge < -0.3 is 10.1 Å². The van der Waals surface area contributed by atoms with Crippen LogP contribution in [-0.2, 0) is 4.74 Å². The summed E-state index contributed by atoms with van der Waals surface area (Å²) in [6.45, 7) is 9.73. The van der Waals surface area contributed by atoms with Gasteiger partial charge in [-0.3, -0.25) is 0 Å². The van der Waals surface area contributed by atoms with Crippen LogP contribution in [-0.4, -0.2) is 19.3 Å². The van der Waals surface area contributed by atoms with E-state index in [9.17, 15) is 4.39 Å². The minimum Gasteiger partial charge on any atom is -0.378 e. The number of hydrogen-bond donors (Lipinski definition) is 1. The normalized spacial score (nSPS) is 24.1. The van der Waals surface area contributed by atoms with E-state index in [2.05, 4.69) is 19.2 Å². The predicted molar refractivity (Wildman–Crippen MR) is 80.4 cm³/mol. The Morgan fingerprint density at radius 2 is 1.95 bits per heavy atom. The first kappa shape index (κ1) is 15.5. The number of ether oxygens (including phenoxy) is 1. The Kier molecular flexibility index (Phi) is 5.17. The summed E-state index contributed by atoms with van der Waals surface area (Å²) in [4.78, 5) is 0. The van der Waals surface area contributed by atoms with Crippen molar-refractivity contribution >= 4 is 0 Å². The molecule has 1 aromatic rings. The van der Waals surface area contributed by atoms with Crippen LogP contribution in [0, 0.1) is 25.6 Å². The smallest absolute Gasteiger partial charge is 0.129 e. The molecule has 0 aliphatic carbocycles. The van der Waals surface area contributed by atoms with Crippen LogP contribution in [0.15, 0.2) is 12.1 Å². The highest BCUT2D eigenvalue weighted by Gasteiger charge is 2.34. The molecular weight excluding hydrogens is 253 g/mol. The molecule has 2 rings (SSSR count). The molecule has 3 heteroatoms. The molecular formula is C17H26FNO. The van der Waals surface area contributed by atoms with Crippen LogP contribution in [0.25, 0.3) is 0 Å². The molecule has 1 aliphatic heterocycles. The Labute approximate surface area is 121 Å². The van der Waals surface area contributed by atoms with Gasteiger partial charge in [-0.15, -0.1) is 0 Å². The van der Waals surface area contributed by atoms with Gasteiger partial charge in [0.15, 0.2) is 0 Å². The van der Waals surface area contributed by atoms with Crippen molar-refractivity contribution < 1.29 is 9.13 Å². The molecule has 0 radical (unpaired) electrons. The van der Waals surface area contributed by atoms with Gasteiger partial charge >= 0.3 is 0 Å². The van der Waals surface area contributed by atoms with E-state index in [-0.39, 0.29) is 11.9 Å². The maximum absolute atomic E-state index is 13.8. The van der Waals surface area contributed by atoms with Crippen LogP contribution in [0.5, 0.6) is 0 Å². The lowest BCUT2D eigenvalue weighted by Gasteiger charge is -2.29. The van der Waals surface area contributed by atoms with Gasteiger partial charge in [0, 0.05) is 18.6 Å². The van der Waals surface area contributed by atoms with Crippen molar-refractivity contribution in [3.8, 4) is 0 Å². The van der Waals surface area contributed by atoms with E-state index in [1.165, 1.54) is 5.56 Å². The molecule has 3 atom stereocenters. The zero-order chi connectivity index (χ0) is 14.7. The molecule has 1 saturated heterocycles. The number of benzene rings is 1. The summed E-state index contributed by atoms with van der Waals surface area (Å²) in [6.07, 6.45) is 2.42. The number of aryl methyl sites for hydroxylation is 2. The molecule has 2 nitrogen and oxygen atoms in total. The Morgan fingerprint density at radius 1 is 1.30 bits per heavy atom. The van der Waals surface area contributed by atoms with Crippen LogP contribution < -0.4 is 5.32 Å². The van der Waals surface area contributed by atoms with Crippen molar-refractivity contribution in [1.82, 2.24) is 5.32 Å². The molecule has 3 unspecified atom stereocenters. The maximum Gasteiger partial charge on any atom is 0.129 e. The highest BCUT2D eigenvalue weighted by Crippen LogP contribution is 2.35. The second-order valence-electron chi connectivity index (χ2n) is 5.77. The number of halogens is 1. The van der Waals surface area contributed by atoms with E-state index in [0.29, 0.717) is 12.0 Å². The molecule has 20 heavy (non-hydrogen) atoms. The van der Waals surface area contributed by atoms with E-state index in [1.807, 2.05) is 26.0 Å². The molecule has 112 valence electrons. The fourth-order valence-electron chi connectivity index (χ4n) is 3.36. The van der Waals surface area contributed by atoms with Crippen LogP contribution in [0.3, 0.4) is 0 Å². The zero-order valence-corrected chi connectivity index (χ0v) is 13.0. The van der Waals surface area contributed by atoms with Crippen molar-refractivity contribution in [2.45, 2.75) is 52.7 Å². The largest absolute Gasteiger partial charge is 0.378 e. The molecule has 1 aliphatic rings. The molecule has 0 saturated carbocycles. The summed E-state index contributed by atoms with van der Waals surface area (Å²) in [7, 11) is 0. The molecule has 1 aromatic carbocycles. The predicted octanol–water partition coefficient (Wildman–Crippen LogP) is 3.91. The highest BCUT2D eigenvalue weighted by atomic mass is 19.1. The summed E-state index contributed by atoms with van der Waals surface area (Å²) in [5.41, 5.74) is 2.65. The Morgan fingerprint density at radius 3 is 2.50 bits per heavy atom. The van der Waals surface area contributed by atoms with Gasteiger partial charge in [0.2, 0.25) is 0 Å². The summed E-state index contributed by atoms with van der Waals surface area (Å²) >= 11 is 0. The quantitative estimate of drug-likeness (QED) is 0.882. The average molecular weight is 279 g/mol. The van der Waals surface area contributed by atoms with Crippen molar-refractivity contribution in [2.24, 2.45) is 5.92 Å². The highest BCUT2D eigenvalue weighted by molar-refractivity contribution is 5.33. The fourth-order valence-corrected chi connectivity index (χ4v) is 3.36. The van der Waals surface area contributed by atoms with E-state index < -0.39 is 0 Å². The summed E-state index contributed by atoms with van der Waals surface area (Å²) in [6, 6.07) is 4.23. The maximum atomic E-state index is 13.8. The second-order valence-corrected chi connectivity index (χ2v) is 5.77. The lowest BCUT2D eigenvalue weighted by atomic mass is 9.85. The van der Waals surface area contributed by atoms with Crippen molar-refractivity contribution in [3.63, 3.8) is 0 Å². The molecule has 0 amide bonds. The first-order valence-corrected chi connectivity index (χ1v) is 7.70. The number of nitrogens with one attached hydrogen (secondary N) is 1. The van der Waals surface area contributed by atoms with Crippen molar-refractivity contribution in [3.05, 3.63) is 34.6 Å². The Bertz CT molecular complexity index is 437. The standard InChI is InChI=1S/C17H26FNO/c1-5-15-14(7-8-20-15)17(19-6-2)13-9-11(3)16(18)12(4)10-13/h9-10,14-15,17,19H,5-8H2,1-4H3. The molecule has 1 N–H and O–H groups in total. The SMILES string of the molecule is CCNC(c1cc(C)c(F)c(C)c1)C1CCOC1CC. The minimum atomic E-state index is -0.0845. The first-order valence-electron chi connectivity index (χ1n) is 7.70. The van der Waals surface area contributed by atoms with Crippen molar-refractivity contribution in [2.75, 3.05) is 13.2 Å². The van der Waals surface area contributed by atoms with Crippen molar-refractivity contribution in [1.29, 1.82) is 0 Å². The van der Waals surface area contributed by atoms with Gasteiger partial charge in [-0.05, 0) is 49.9 Å². The van der Waals surface area contributed by atoms with Crippen LogP contribution in [0.2, 0.25) is 0 Å². The minimum absolute atomic E-state index is 0.0845. The molecule has 0 aromatic heterocycles.